The van der Waals surface area contributed by atoms with Crippen LogP contribution in [0.5, 0.6) is 5.75 Å². The van der Waals surface area contributed by atoms with Gasteiger partial charge in [0.25, 0.3) is 5.91 Å². The fourth-order valence-electron chi connectivity index (χ4n) is 1.35. The van der Waals surface area contributed by atoms with Gasteiger partial charge in [0, 0.05) is 11.6 Å². The number of hydrogen-bond donors (Lipinski definition) is 1. The minimum atomic E-state index is -0.700. The van der Waals surface area contributed by atoms with Gasteiger partial charge >= 0.3 is 5.69 Å². The van der Waals surface area contributed by atoms with E-state index >= 15 is 0 Å². The number of nitrogens with zero attached hydrogens (tertiary/aromatic N) is 3. The number of thiocarbonyl (C=S) groups is 1. The van der Waals surface area contributed by atoms with E-state index in [0.717, 1.165) is 11.1 Å². The molecule has 9 heteroatoms. The van der Waals surface area contributed by atoms with Crippen molar-refractivity contribution in [3.63, 3.8) is 0 Å². The number of nitro groups is 1. The lowest BCUT2D eigenvalue weighted by atomic mass is 10.2. The molecule has 0 atom stereocenters. The second kappa shape index (κ2) is 5.33. The van der Waals surface area contributed by atoms with E-state index in [9.17, 15) is 20.0 Å². The molecule has 0 unspecified atom stereocenters. The topological polar surface area (TPSA) is 96.0 Å². The number of rotatable bonds is 3. The zero-order valence-electron chi connectivity index (χ0n) is 9.35. The van der Waals surface area contributed by atoms with Crippen molar-refractivity contribution in [3.8, 4) is 5.75 Å². The Bertz CT molecular complexity index is 586. The number of hydrogen-bond acceptors (Lipinski definition) is 7. The summed E-state index contributed by atoms with van der Waals surface area (Å²) in [6.45, 7) is 0. The minimum absolute atomic E-state index is 0.237. The van der Waals surface area contributed by atoms with E-state index in [1.54, 1.807) is 0 Å². The number of nitro benzene ring substituents is 1. The van der Waals surface area contributed by atoms with Crippen LogP contribution in [-0.2, 0) is 4.79 Å². The molecule has 2 rings (SSSR count). The molecule has 19 heavy (non-hydrogen) atoms. The Morgan fingerprint density at radius 2 is 2.32 bits per heavy atom. The van der Waals surface area contributed by atoms with Gasteiger partial charge in [-0.05, 0) is 12.1 Å². The summed E-state index contributed by atoms with van der Waals surface area (Å²) in [4.78, 5) is 21.3. The third kappa shape index (κ3) is 2.88. The third-order valence-electron chi connectivity index (χ3n) is 2.25. The molecule has 7 nitrogen and oxygen atoms in total. The zero-order chi connectivity index (χ0) is 14.0. The van der Waals surface area contributed by atoms with Gasteiger partial charge < -0.3 is 5.11 Å². The molecular weight excluding hydrogens is 290 g/mol. The molecule has 0 spiro atoms. The second-order valence-corrected chi connectivity index (χ2v) is 5.12. The third-order valence-corrected chi connectivity index (χ3v) is 3.58. The average molecular weight is 297 g/mol. The van der Waals surface area contributed by atoms with Crippen LogP contribution in [0.15, 0.2) is 23.3 Å². The fraction of sp³-hybridized carbons (Fsp3) is 0.100. The summed E-state index contributed by atoms with van der Waals surface area (Å²) in [7, 11) is 0. The molecule has 0 aliphatic carbocycles. The van der Waals surface area contributed by atoms with Crippen LogP contribution in [0.1, 0.15) is 5.56 Å². The van der Waals surface area contributed by atoms with Gasteiger partial charge in [0.1, 0.15) is 0 Å². The first kappa shape index (κ1) is 13.4. The highest BCUT2D eigenvalue weighted by Crippen LogP contribution is 2.26. The first-order valence-electron chi connectivity index (χ1n) is 5.00. The van der Waals surface area contributed by atoms with E-state index in [2.05, 4.69) is 5.10 Å². The van der Waals surface area contributed by atoms with Gasteiger partial charge in [0.05, 0.1) is 16.9 Å². The number of carbonyl (C=O) groups is 1. The van der Waals surface area contributed by atoms with Crippen molar-refractivity contribution in [2.75, 3.05) is 5.75 Å². The predicted molar refractivity (Wildman–Crippen MR) is 74.3 cm³/mol. The lowest BCUT2D eigenvalue weighted by Gasteiger charge is -2.06. The molecule has 1 aliphatic heterocycles. The van der Waals surface area contributed by atoms with E-state index in [1.165, 1.54) is 30.1 Å². The highest BCUT2D eigenvalue weighted by molar-refractivity contribution is 8.23. The molecule has 1 aromatic rings. The van der Waals surface area contributed by atoms with E-state index in [1.807, 2.05) is 0 Å². The summed E-state index contributed by atoms with van der Waals surface area (Å²) in [5.41, 5.74) is -0.0364. The number of thioether (sulfide) groups is 1. The van der Waals surface area contributed by atoms with Crippen LogP contribution in [0.4, 0.5) is 5.69 Å². The first-order chi connectivity index (χ1) is 8.99. The van der Waals surface area contributed by atoms with Crippen LogP contribution in [0, 0.1) is 10.1 Å². The maximum atomic E-state index is 11.4. The standard InChI is InChI=1S/C10H7N3O4S2/c14-8-2-1-6(3-7(8)13(16)17)4-11-12-9(15)5-19-10(12)18/h1-4,14H,5H2/b11-4-. The Labute approximate surface area is 117 Å². The molecule has 1 heterocycles. The van der Waals surface area contributed by atoms with Gasteiger partial charge in [-0.3, -0.25) is 14.9 Å². The summed E-state index contributed by atoms with van der Waals surface area (Å²) < 4.78 is 0.342. The van der Waals surface area contributed by atoms with Crippen molar-refractivity contribution in [1.29, 1.82) is 0 Å². The maximum Gasteiger partial charge on any atom is 0.311 e. The van der Waals surface area contributed by atoms with Crippen molar-refractivity contribution in [1.82, 2.24) is 5.01 Å². The molecule has 0 saturated carbocycles. The quantitative estimate of drug-likeness (QED) is 0.393. The van der Waals surface area contributed by atoms with Gasteiger partial charge in [-0.25, -0.2) is 0 Å². The minimum Gasteiger partial charge on any atom is -0.502 e. The number of amides is 1. The molecule has 98 valence electrons. The van der Waals surface area contributed by atoms with Gasteiger partial charge in [0.15, 0.2) is 10.1 Å². The van der Waals surface area contributed by atoms with Gasteiger partial charge in [-0.1, -0.05) is 24.0 Å². The van der Waals surface area contributed by atoms with Crippen LogP contribution in [0.3, 0.4) is 0 Å². The van der Waals surface area contributed by atoms with E-state index < -0.39 is 16.4 Å². The van der Waals surface area contributed by atoms with Gasteiger partial charge in [-0.2, -0.15) is 10.1 Å². The number of phenols is 1. The monoisotopic (exact) mass is 297 g/mol. The predicted octanol–water partition coefficient (Wildman–Crippen LogP) is 1.49. The molecule has 1 fully saturated rings. The number of aromatic hydroxyl groups is 1. The Hall–Kier alpha value is -2.00. The van der Waals surface area contributed by atoms with Crippen LogP contribution < -0.4 is 0 Å². The molecule has 1 N–H and O–H groups in total. The van der Waals surface area contributed by atoms with Crippen molar-refractivity contribution >= 4 is 46.1 Å². The second-order valence-electron chi connectivity index (χ2n) is 3.51. The Kier molecular flexibility index (Phi) is 3.76. The lowest BCUT2D eigenvalue weighted by Crippen LogP contribution is -2.22. The number of carbonyl (C=O) groups excluding carboxylic acids is 1. The highest BCUT2D eigenvalue weighted by Gasteiger charge is 2.26. The van der Waals surface area contributed by atoms with Gasteiger partial charge in [0.2, 0.25) is 0 Å². The number of hydrazone groups is 1. The molecular formula is C10H7N3O4S2. The normalized spacial score (nSPS) is 15.5. The lowest BCUT2D eigenvalue weighted by molar-refractivity contribution is -0.385. The molecule has 1 saturated heterocycles. The summed E-state index contributed by atoms with van der Waals surface area (Å²) in [6.07, 6.45) is 1.28. The summed E-state index contributed by atoms with van der Waals surface area (Å²) in [6, 6.07) is 3.80. The molecule has 0 radical (unpaired) electrons. The van der Waals surface area contributed by atoms with Crippen LogP contribution in [0.2, 0.25) is 0 Å². The molecule has 1 aromatic carbocycles. The summed E-state index contributed by atoms with van der Waals surface area (Å²) in [5, 5.41) is 24.9. The van der Waals surface area contributed by atoms with Crippen molar-refractivity contribution in [2.45, 2.75) is 0 Å². The van der Waals surface area contributed by atoms with Gasteiger partial charge in [-0.15, -0.1) is 0 Å². The average Bonchev–Trinajstić information content (AvgIpc) is 2.68. The largest absolute Gasteiger partial charge is 0.502 e. The highest BCUT2D eigenvalue weighted by atomic mass is 32.2. The molecule has 0 aromatic heterocycles. The van der Waals surface area contributed by atoms with Crippen LogP contribution in [0.25, 0.3) is 0 Å². The summed E-state index contributed by atoms with van der Waals surface area (Å²) in [5.74, 6) is -0.420. The number of phenolic OH excluding ortho intramolecular Hbond substituents is 1. The van der Waals surface area contributed by atoms with Crippen molar-refractivity contribution in [2.24, 2.45) is 5.10 Å². The Morgan fingerprint density at radius 1 is 1.58 bits per heavy atom. The van der Waals surface area contributed by atoms with E-state index in [0.29, 0.717) is 9.88 Å². The molecule has 1 aliphatic rings. The van der Waals surface area contributed by atoms with E-state index in [-0.39, 0.29) is 11.7 Å². The SMILES string of the molecule is O=C1CSC(=S)N1/N=C\c1ccc(O)c([N+](=O)[O-])c1. The smallest absolute Gasteiger partial charge is 0.311 e. The number of benzene rings is 1. The Morgan fingerprint density at radius 3 is 2.89 bits per heavy atom. The van der Waals surface area contributed by atoms with Crippen LogP contribution >= 0.6 is 24.0 Å². The maximum absolute atomic E-state index is 11.4. The molecule has 0 bridgehead atoms. The van der Waals surface area contributed by atoms with Crippen molar-refractivity contribution in [3.05, 3.63) is 33.9 Å². The first-order valence-corrected chi connectivity index (χ1v) is 6.39. The zero-order valence-corrected chi connectivity index (χ0v) is 11.0. The molecule has 1 amide bonds. The Balaban J connectivity index is 2.24. The fourth-order valence-corrected chi connectivity index (χ4v) is 2.32. The van der Waals surface area contributed by atoms with Crippen LogP contribution in [-0.4, -0.2) is 37.2 Å². The van der Waals surface area contributed by atoms with E-state index in [4.69, 9.17) is 12.2 Å². The van der Waals surface area contributed by atoms with Crippen molar-refractivity contribution < 1.29 is 14.8 Å². The summed E-state index contributed by atoms with van der Waals surface area (Å²) >= 11 is 6.13.